The van der Waals surface area contributed by atoms with Crippen LogP contribution in [-0.2, 0) is 11.2 Å². The van der Waals surface area contributed by atoms with E-state index in [1.165, 1.54) is 5.56 Å². The number of hydrogen-bond acceptors (Lipinski definition) is 3. The van der Waals surface area contributed by atoms with Gasteiger partial charge in [0.15, 0.2) is 0 Å². The van der Waals surface area contributed by atoms with Gasteiger partial charge in [0, 0.05) is 5.56 Å². The summed E-state index contributed by atoms with van der Waals surface area (Å²) in [5.41, 5.74) is 5.46. The third-order valence-electron chi connectivity index (χ3n) is 3.77. The SMILES string of the molecule is Cc1ccc(Oc2ccccc2/C=N\NC(=O)Cc2ccccc2)cc1. The van der Waals surface area contributed by atoms with Crippen LogP contribution in [0.25, 0.3) is 0 Å². The van der Waals surface area contributed by atoms with Crippen LogP contribution in [0.4, 0.5) is 0 Å². The fraction of sp³-hybridized carbons (Fsp3) is 0.0909. The van der Waals surface area contributed by atoms with Crippen LogP contribution < -0.4 is 10.2 Å². The third-order valence-corrected chi connectivity index (χ3v) is 3.77. The van der Waals surface area contributed by atoms with Crippen molar-refractivity contribution in [2.24, 2.45) is 5.10 Å². The Kier molecular flexibility index (Phi) is 5.78. The van der Waals surface area contributed by atoms with Crippen LogP contribution >= 0.6 is 0 Å². The summed E-state index contributed by atoms with van der Waals surface area (Å²) >= 11 is 0. The maximum absolute atomic E-state index is 12.0. The first-order valence-electron chi connectivity index (χ1n) is 8.40. The summed E-state index contributed by atoms with van der Waals surface area (Å²) in [4.78, 5) is 12.0. The van der Waals surface area contributed by atoms with Crippen LogP contribution in [0.2, 0.25) is 0 Å². The third kappa shape index (κ3) is 5.05. The molecule has 0 radical (unpaired) electrons. The molecule has 0 heterocycles. The Bertz CT molecular complexity index is 888. The second-order valence-corrected chi connectivity index (χ2v) is 5.91. The normalized spacial score (nSPS) is 10.7. The van der Waals surface area contributed by atoms with E-state index in [1.807, 2.05) is 85.8 Å². The zero-order valence-corrected chi connectivity index (χ0v) is 14.6. The second-order valence-electron chi connectivity index (χ2n) is 5.91. The maximum atomic E-state index is 12.0. The molecule has 0 aliphatic heterocycles. The highest BCUT2D eigenvalue weighted by molar-refractivity contribution is 5.85. The van der Waals surface area contributed by atoms with E-state index in [0.29, 0.717) is 12.2 Å². The molecule has 26 heavy (non-hydrogen) atoms. The van der Waals surface area contributed by atoms with Crippen molar-refractivity contribution in [3.05, 3.63) is 95.6 Å². The minimum atomic E-state index is -0.163. The van der Waals surface area contributed by atoms with Crippen LogP contribution in [0.1, 0.15) is 16.7 Å². The number of ether oxygens (including phenoxy) is 1. The predicted octanol–water partition coefficient (Wildman–Crippen LogP) is 4.48. The molecule has 1 N–H and O–H groups in total. The van der Waals surface area contributed by atoms with Gasteiger partial charge < -0.3 is 4.74 Å². The van der Waals surface area contributed by atoms with Gasteiger partial charge in [-0.3, -0.25) is 4.79 Å². The van der Waals surface area contributed by atoms with Crippen LogP contribution in [-0.4, -0.2) is 12.1 Å². The van der Waals surface area contributed by atoms with Crippen molar-refractivity contribution >= 4 is 12.1 Å². The lowest BCUT2D eigenvalue weighted by atomic mass is 10.1. The number of para-hydroxylation sites is 1. The summed E-state index contributed by atoms with van der Waals surface area (Å²) in [6, 6.07) is 24.9. The van der Waals surface area contributed by atoms with E-state index in [9.17, 15) is 4.79 Å². The Balaban J connectivity index is 1.63. The highest BCUT2D eigenvalue weighted by Crippen LogP contribution is 2.24. The molecule has 130 valence electrons. The summed E-state index contributed by atoms with van der Waals surface area (Å²) in [6.07, 6.45) is 1.88. The monoisotopic (exact) mass is 344 g/mol. The van der Waals surface area contributed by atoms with E-state index in [4.69, 9.17) is 4.74 Å². The largest absolute Gasteiger partial charge is 0.457 e. The zero-order chi connectivity index (χ0) is 18.2. The fourth-order valence-corrected chi connectivity index (χ4v) is 2.41. The molecule has 3 rings (SSSR count). The van der Waals surface area contributed by atoms with Crippen molar-refractivity contribution in [1.82, 2.24) is 5.43 Å². The number of rotatable bonds is 6. The maximum Gasteiger partial charge on any atom is 0.244 e. The van der Waals surface area contributed by atoms with Crippen molar-refractivity contribution in [2.75, 3.05) is 0 Å². The van der Waals surface area contributed by atoms with Gasteiger partial charge in [-0.1, -0.05) is 60.2 Å². The number of nitrogens with one attached hydrogen (secondary N) is 1. The summed E-state index contributed by atoms with van der Waals surface area (Å²) in [5.74, 6) is 1.27. The lowest BCUT2D eigenvalue weighted by Gasteiger charge is -2.08. The molecule has 0 bridgehead atoms. The standard InChI is InChI=1S/C22H20N2O2/c1-17-11-13-20(14-12-17)26-21-10-6-5-9-19(21)16-23-24-22(25)15-18-7-3-2-4-8-18/h2-14,16H,15H2,1H3,(H,24,25)/b23-16-. The van der Waals surface area contributed by atoms with Gasteiger partial charge in [0.05, 0.1) is 12.6 Å². The number of carbonyl (C=O) groups excluding carboxylic acids is 1. The van der Waals surface area contributed by atoms with E-state index in [1.54, 1.807) is 6.21 Å². The number of aryl methyl sites for hydroxylation is 1. The molecule has 0 saturated heterocycles. The Morgan fingerprint density at radius 3 is 2.42 bits per heavy atom. The summed E-state index contributed by atoms with van der Waals surface area (Å²) < 4.78 is 5.91. The number of carbonyl (C=O) groups is 1. The van der Waals surface area contributed by atoms with Crippen LogP contribution in [0.3, 0.4) is 0 Å². The molecule has 4 heteroatoms. The van der Waals surface area contributed by atoms with E-state index in [0.717, 1.165) is 16.9 Å². The molecule has 0 spiro atoms. The highest BCUT2D eigenvalue weighted by Gasteiger charge is 2.04. The molecular formula is C22H20N2O2. The molecule has 0 saturated carbocycles. The van der Waals surface area contributed by atoms with Crippen LogP contribution in [0.15, 0.2) is 84.0 Å². The van der Waals surface area contributed by atoms with Crippen LogP contribution in [0, 0.1) is 6.92 Å². The van der Waals surface area contributed by atoms with E-state index in [-0.39, 0.29) is 5.91 Å². The van der Waals surface area contributed by atoms with E-state index < -0.39 is 0 Å². The lowest BCUT2D eigenvalue weighted by Crippen LogP contribution is -2.19. The smallest absolute Gasteiger partial charge is 0.244 e. The molecule has 0 aromatic heterocycles. The molecule has 0 unspecified atom stereocenters. The van der Waals surface area contributed by atoms with Gasteiger partial charge in [0.25, 0.3) is 0 Å². The molecule has 1 amide bonds. The van der Waals surface area contributed by atoms with Gasteiger partial charge in [-0.25, -0.2) is 5.43 Å². The molecule has 4 nitrogen and oxygen atoms in total. The summed E-state index contributed by atoms with van der Waals surface area (Å²) in [7, 11) is 0. The highest BCUT2D eigenvalue weighted by atomic mass is 16.5. The van der Waals surface area contributed by atoms with Crippen LogP contribution in [0.5, 0.6) is 11.5 Å². The lowest BCUT2D eigenvalue weighted by molar-refractivity contribution is -0.120. The van der Waals surface area contributed by atoms with E-state index >= 15 is 0 Å². The Morgan fingerprint density at radius 2 is 1.65 bits per heavy atom. The minimum absolute atomic E-state index is 0.163. The average molecular weight is 344 g/mol. The topological polar surface area (TPSA) is 50.7 Å². The molecule has 0 atom stereocenters. The Labute approximate surface area is 153 Å². The number of hydrogen-bond donors (Lipinski definition) is 1. The first-order valence-corrected chi connectivity index (χ1v) is 8.40. The molecule has 0 aliphatic carbocycles. The van der Waals surface area contributed by atoms with Gasteiger partial charge >= 0.3 is 0 Å². The van der Waals surface area contributed by atoms with Crippen molar-refractivity contribution in [1.29, 1.82) is 0 Å². The van der Waals surface area contributed by atoms with Gasteiger partial charge in [-0.2, -0.15) is 5.10 Å². The van der Waals surface area contributed by atoms with E-state index in [2.05, 4.69) is 10.5 Å². The first kappa shape index (κ1) is 17.4. The number of amides is 1. The minimum Gasteiger partial charge on any atom is -0.457 e. The molecule has 0 fully saturated rings. The number of hydrazone groups is 1. The molecular weight excluding hydrogens is 324 g/mol. The number of nitrogens with zero attached hydrogens (tertiary/aromatic N) is 1. The molecule has 0 aliphatic rings. The van der Waals surface area contributed by atoms with Gasteiger partial charge in [-0.05, 0) is 36.8 Å². The zero-order valence-electron chi connectivity index (χ0n) is 14.6. The quantitative estimate of drug-likeness (QED) is 0.529. The van der Waals surface area contributed by atoms with Crippen molar-refractivity contribution in [3.8, 4) is 11.5 Å². The Hall–Kier alpha value is -3.40. The van der Waals surface area contributed by atoms with Crippen molar-refractivity contribution in [3.63, 3.8) is 0 Å². The second kappa shape index (κ2) is 8.62. The summed E-state index contributed by atoms with van der Waals surface area (Å²) in [5, 5.41) is 4.05. The fourth-order valence-electron chi connectivity index (χ4n) is 2.41. The molecule has 3 aromatic rings. The first-order chi connectivity index (χ1) is 12.7. The van der Waals surface area contributed by atoms with Crippen molar-refractivity contribution in [2.45, 2.75) is 13.3 Å². The predicted molar refractivity (Wildman–Crippen MR) is 104 cm³/mol. The van der Waals surface area contributed by atoms with Gasteiger partial charge in [0.2, 0.25) is 5.91 Å². The molecule has 3 aromatic carbocycles. The summed E-state index contributed by atoms with van der Waals surface area (Å²) in [6.45, 7) is 2.03. The average Bonchev–Trinajstić information content (AvgIpc) is 2.66. The van der Waals surface area contributed by atoms with Gasteiger partial charge in [0.1, 0.15) is 11.5 Å². The Morgan fingerprint density at radius 1 is 0.962 bits per heavy atom. The van der Waals surface area contributed by atoms with Crippen molar-refractivity contribution < 1.29 is 9.53 Å². The van der Waals surface area contributed by atoms with Gasteiger partial charge in [-0.15, -0.1) is 0 Å². The number of benzene rings is 3.